The molecule has 1 unspecified atom stereocenters. The number of hydrogen-bond donors (Lipinski definition) is 0. The number of benzene rings is 1. The summed E-state index contributed by atoms with van der Waals surface area (Å²) < 4.78 is 5.87. The molecule has 1 atom stereocenters. The van der Waals surface area contributed by atoms with Crippen molar-refractivity contribution in [1.82, 2.24) is 0 Å². The fourth-order valence-corrected chi connectivity index (χ4v) is 1.78. The van der Waals surface area contributed by atoms with Crippen molar-refractivity contribution < 1.29 is 4.74 Å². The first kappa shape index (κ1) is 11.0. The standard InChI is InChI=1S/C15H18O/c1-2-3-4-5-9-14-12-11-13-8-6-7-10-15(13)16-14/h4-8,10-12,14H,2-3,9H2,1H3/b5-4+. The summed E-state index contributed by atoms with van der Waals surface area (Å²) in [5.41, 5.74) is 1.18. The number of allylic oxidation sites excluding steroid dienone is 1. The molecule has 0 bridgehead atoms. The lowest BCUT2D eigenvalue weighted by Gasteiger charge is -2.20. The summed E-state index contributed by atoms with van der Waals surface area (Å²) in [5.74, 6) is 0.999. The number of rotatable bonds is 4. The zero-order chi connectivity index (χ0) is 11.2. The number of hydrogen-bond acceptors (Lipinski definition) is 1. The molecular formula is C15H18O. The Morgan fingerprint density at radius 2 is 2.12 bits per heavy atom. The van der Waals surface area contributed by atoms with Gasteiger partial charge in [0, 0.05) is 12.0 Å². The van der Waals surface area contributed by atoms with E-state index < -0.39 is 0 Å². The molecule has 1 aromatic rings. The molecule has 1 aromatic carbocycles. The van der Waals surface area contributed by atoms with E-state index >= 15 is 0 Å². The fraction of sp³-hybridized carbons (Fsp3) is 0.333. The van der Waals surface area contributed by atoms with Crippen LogP contribution in [0, 0.1) is 0 Å². The Morgan fingerprint density at radius 3 is 3.00 bits per heavy atom. The van der Waals surface area contributed by atoms with Crippen LogP contribution in [0.3, 0.4) is 0 Å². The van der Waals surface area contributed by atoms with Crippen LogP contribution in [0.5, 0.6) is 5.75 Å². The Bertz CT molecular complexity index is 390. The van der Waals surface area contributed by atoms with E-state index in [1.54, 1.807) is 0 Å². The van der Waals surface area contributed by atoms with E-state index in [0.29, 0.717) is 0 Å². The van der Waals surface area contributed by atoms with Crippen LogP contribution in [0.15, 0.2) is 42.5 Å². The minimum atomic E-state index is 0.197. The van der Waals surface area contributed by atoms with E-state index in [0.717, 1.165) is 18.6 Å². The fourth-order valence-electron chi connectivity index (χ4n) is 1.78. The SMILES string of the molecule is CCC/C=C/CC1C=Cc2ccccc2O1. The second-order valence-electron chi connectivity index (χ2n) is 4.05. The van der Waals surface area contributed by atoms with Gasteiger partial charge in [-0.05, 0) is 18.6 Å². The topological polar surface area (TPSA) is 9.23 Å². The molecule has 0 amide bonds. The minimum absolute atomic E-state index is 0.197. The van der Waals surface area contributed by atoms with Crippen molar-refractivity contribution in [1.29, 1.82) is 0 Å². The zero-order valence-electron chi connectivity index (χ0n) is 9.73. The lowest BCUT2D eigenvalue weighted by atomic mass is 10.1. The van der Waals surface area contributed by atoms with Crippen molar-refractivity contribution >= 4 is 6.08 Å². The average Bonchev–Trinajstić information content (AvgIpc) is 2.34. The van der Waals surface area contributed by atoms with Crippen LogP contribution in [0.2, 0.25) is 0 Å². The third-order valence-corrected chi connectivity index (χ3v) is 2.68. The Balaban J connectivity index is 1.93. The summed E-state index contributed by atoms with van der Waals surface area (Å²) in [4.78, 5) is 0. The maximum Gasteiger partial charge on any atom is 0.127 e. The molecule has 84 valence electrons. The molecule has 1 aliphatic heterocycles. The van der Waals surface area contributed by atoms with Crippen LogP contribution in [0.1, 0.15) is 31.7 Å². The molecule has 0 aromatic heterocycles. The molecule has 0 spiro atoms. The number of unbranched alkanes of at least 4 members (excludes halogenated alkanes) is 1. The smallest absolute Gasteiger partial charge is 0.127 e. The van der Waals surface area contributed by atoms with Crippen molar-refractivity contribution in [2.45, 2.75) is 32.3 Å². The highest BCUT2D eigenvalue weighted by Crippen LogP contribution is 2.26. The normalized spacial score (nSPS) is 18.4. The molecular weight excluding hydrogens is 196 g/mol. The Hall–Kier alpha value is -1.50. The van der Waals surface area contributed by atoms with Gasteiger partial charge in [-0.15, -0.1) is 0 Å². The summed E-state index contributed by atoms with van der Waals surface area (Å²) in [6.07, 6.45) is 12.3. The largest absolute Gasteiger partial charge is 0.485 e. The van der Waals surface area contributed by atoms with Crippen LogP contribution < -0.4 is 4.74 Å². The van der Waals surface area contributed by atoms with Crippen LogP contribution in [-0.2, 0) is 0 Å². The molecule has 1 aliphatic rings. The van der Waals surface area contributed by atoms with Crippen LogP contribution in [0.25, 0.3) is 6.08 Å². The molecule has 0 aliphatic carbocycles. The second kappa shape index (κ2) is 5.55. The molecule has 1 heteroatoms. The summed E-state index contributed by atoms with van der Waals surface area (Å²) in [6.45, 7) is 2.19. The highest BCUT2D eigenvalue weighted by Gasteiger charge is 2.11. The molecule has 0 radical (unpaired) electrons. The number of ether oxygens (including phenoxy) is 1. The summed E-state index contributed by atoms with van der Waals surface area (Å²) in [7, 11) is 0. The van der Waals surface area contributed by atoms with E-state index in [-0.39, 0.29) is 6.10 Å². The molecule has 16 heavy (non-hydrogen) atoms. The Kier molecular flexibility index (Phi) is 3.81. The quantitative estimate of drug-likeness (QED) is 0.682. The molecule has 0 N–H and O–H groups in total. The number of fused-ring (bicyclic) bond motifs is 1. The van der Waals surface area contributed by atoms with Crippen molar-refractivity contribution in [3.05, 3.63) is 48.1 Å². The molecule has 0 fully saturated rings. The van der Waals surface area contributed by atoms with Gasteiger partial charge < -0.3 is 4.74 Å². The maximum absolute atomic E-state index is 5.87. The molecule has 0 saturated heterocycles. The van der Waals surface area contributed by atoms with Crippen LogP contribution in [-0.4, -0.2) is 6.10 Å². The third kappa shape index (κ3) is 2.75. The summed E-state index contributed by atoms with van der Waals surface area (Å²) in [5, 5.41) is 0. The monoisotopic (exact) mass is 214 g/mol. The first-order valence-electron chi connectivity index (χ1n) is 5.99. The van der Waals surface area contributed by atoms with Gasteiger partial charge in [0.05, 0.1) is 0 Å². The van der Waals surface area contributed by atoms with E-state index in [9.17, 15) is 0 Å². The highest BCUT2D eigenvalue weighted by atomic mass is 16.5. The van der Waals surface area contributed by atoms with Gasteiger partial charge in [-0.2, -0.15) is 0 Å². The van der Waals surface area contributed by atoms with Gasteiger partial charge >= 0.3 is 0 Å². The summed E-state index contributed by atoms with van der Waals surface area (Å²) >= 11 is 0. The van der Waals surface area contributed by atoms with Crippen LogP contribution >= 0.6 is 0 Å². The molecule has 0 saturated carbocycles. The summed E-state index contributed by atoms with van der Waals surface area (Å²) in [6, 6.07) is 8.16. The van der Waals surface area contributed by atoms with Crippen molar-refractivity contribution in [3.8, 4) is 5.75 Å². The van der Waals surface area contributed by atoms with Gasteiger partial charge in [0.2, 0.25) is 0 Å². The maximum atomic E-state index is 5.87. The predicted octanol–water partition coefficient (Wildman–Crippen LogP) is 4.21. The third-order valence-electron chi connectivity index (χ3n) is 2.68. The van der Waals surface area contributed by atoms with Crippen molar-refractivity contribution in [3.63, 3.8) is 0 Å². The molecule has 1 nitrogen and oxygen atoms in total. The van der Waals surface area contributed by atoms with E-state index in [1.807, 2.05) is 18.2 Å². The Labute approximate surface area is 97.4 Å². The van der Waals surface area contributed by atoms with Crippen molar-refractivity contribution in [2.75, 3.05) is 0 Å². The molecule has 2 rings (SSSR count). The van der Waals surface area contributed by atoms with Gasteiger partial charge in [0.1, 0.15) is 11.9 Å². The predicted molar refractivity (Wildman–Crippen MR) is 68.6 cm³/mol. The highest BCUT2D eigenvalue weighted by molar-refractivity contribution is 5.59. The Morgan fingerprint density at radius 1 is 1.25 bits per heavy atom. The van der Waals surface area contributed by atoms with Gasteiger partial charge in [0.15, 0.2) is 0 Å². The van der Waals surface area contributed by atoms with Crippen molar-refractivity contribution in [2.24, 2.45) is 0 Å². The van der Waals surface area contributed by atoms with Gasteiger partial charge in [-0.1, -0.05) is 49.8 Å². The minimum Gasteiger partial charge on any atom is -0.485 e. The first-order chi connectivity index (χ1) is 7.90. The zero-order valence-corrected chi connectivity index (χ0v) is 9.73. The van der Waals surface area contributed by atoms with Crippen LogP contribution in [0.4, 0.5) is 0 Å². The van der Waals surface area contributed by atoms with Gasteiger partial charge in [-0.3, -0.25) is 0 Å². The first-order valence-corrected chi connectivity index (χ1v) is 5.99. The van der Waals surface area contributed by atoms with Gasteiger partial charge in [-0.25, -0.2) is 0 Å². The van der Waals surface area contributed by atoms with E-state index in [1.165, 1.54) is 12.0 Å². The molecule has 1 heterocycles. The average molecular weight is 214 g/mol. The lowest BCUT2D eigenvalue weighted by molar-refractivity contribution is 0.249. The number of para-hydroxylation sites is 1. The van der Waals surface area contributed by atoms with E-state index in [4.69, 9.17) is 4.74 Å². The van der Waals surface area contributed by atoms with Gasteiger partial charge in [0.25, 0.3) is 0 Å². The lowest BCUT2D eigenvalue weighted by Crippen LogP contribution is -2.15. The van der Waals surface area contributed by atoms with E-state index in [2.05, 4.69) is 37.3 Å². The second-order valence-corrected chi connectivity index (χ2v) is 4.05.